The molecule has 0 radical (unpaired) electrons. The molecule has 5 heteroatoms. The number of fused-ring (bicyclic) bond motifs is 3. The number of carbonyl (C=O) groups is 2. The van der Waals surface area contributed by atoms with E-state index in [0.717, 1.165) is 51.9 Å². The molecule has 30 heavy (non-hydrogen) atoms. The summed E-state index contributed by atoms with van der Waals surface area (Å²) in [6.45, 7) is 9.40. The zero-order valence-corrected chi connectivity index (χ0v) is 19.2. The summed E-state index contributed by atoms with van der Waals surface area (Å²) in [5.74, 6) is 0.0347. The quantitative estimate of drug-likeness (QED) is 0.620. The van der Waals surface area contributed by atoms with Gasteiger partial charge in [-0.2, -0.15) is 0 Å². The highest BCUT2D eigenvalue weighted by molar-refractivity contribution is 7.18. The Morgan fingerprint density at radius 1 is 1.23 bits per heavy atom. The number of ketones is 2. The Kier molecular flexibility index (Phi) is 5.54. The maximum Gasteiger partial charge on any atom is 0.163 e. The summed E-state index contributed by atoms with van der Waals surface area (Å²) >= 11 is 1.76. The predicted octanol–water partition coefficient (Wildman–Crippen LogP) is 5.84. The minimum absolute atomic E-state index is 0.0498. The average molecular weight is 424 g/mol. The van der Waals surface area contributed by atoms with Crippen LogP contribution in [0.25, 0.3) is 15.8 Å². The number of allylic oxidation sites excluding steroid dienone is 4. The van der Waals surface area contributed by atoms with Gasteiger partial charge in [-0.15, -0.1) is 11.3 Å². The standard InChI is InChI=1S/C25H29NO3S/c1-14-20(23(15(2)27)29-25(3,4)5)21(16-9-8-10-17(28)13-16)22-18-11-6-7-12-19(18)30-24(22)26-14/h8-9,13,23H,6-7,10-12H2,1-5H3. The van der Waals surface area contributed by atoms with Crippen molar-refractivity contribution in [2.75, 3.05) is 0 Å². The molecule has 0 fully saturated rings. The smallest absolute Gasteiger partial charge is 0.163 e. The van der Waals surface area contributed by atoms with Gasteiger partial charge in [0, 0.05) is 33.5 Å². The van der Waals surface area contributed by atoms with E-state index < -0.39 is 11.7 Å². The van der Waals surface area contributed by atoms with E-state index in [1.54, 1.807) is 24.3 Å². The molecule has 2 aromatic rings. The molecular formula is C25H29NO3S. The van der Waals surface area contributed by atoms with E-state index in [1.807, 2.05) is 39.8 Å². The van der Waals surface area contributed by atoms with Crippen LogP contribution in [0.2, 0.25) is 0 Å². The van der Waals surface area contributed by atoms with Crippen molar-refractivity contribution in [3.05, 3.63) is 45.5 Å². The third-order valence-corrected chi connectivity index (χ3v) is 6.84. The Bertz CT molecular complexity index is 1100. The summed E-state index contributed by atoms with van der Waals surface area (Å²) < 4.78 is 6.27. The Balaban J connectivity index is 2.07. The van der Waals surface area contributed by atoms with E-state index in [1.165, 1.54) is 16.9 Å². The fourth-order valence-electron chi connectivity index (χ4n) is 4.47. The van der Waals surface area contributed by atoms with E-state index in [9.17, 15) is 9.59 Å². The summed E-state index contributed by atoms with van der Waals surface area (Å²) in [5, 5.41) is 1.12. The van der Waals surface area contributed by atoms with Crippen molar-refractivity contribution in [1.82, 2.24) is 4.98 Å². The zero-order chi connectivity index (χ0) is 21.6. The molecule has 0 amide bonds. The zero-order valence-electron chi connectivity index (χ0n) is 18.4. The molecule has 158 valence electrons. The molecule has 0 saturated carbocycles. The second-order valence-corrected chi connectivity index (χ2v) is 10.4. The molecule has 0 spiro atoms. The number of nitrogens with zero attached hydrogens (tertiary/aromatic N) is 1. The summed E-state index contributed by atoms with van der Waals surface area (Å²) in [5.41, 5.74) is 4.29. The van der Waals surface area contributed by atoms with Crippen LogP contribution in [0.5, 0.6) is 0 Å². The summed E-state index contributed by atoms with van der Waals surface area (Å²) in [6.07, 6.45) is 9.79. The van der Waals surface area contributed by atoms with Gasteiger partial charge in [-0.25, -0.2) is 4.98 Å². The molecule has 2 aliphatic carbocycles. The van der Waals surface area contributed by atoms with E-state index in [-0.39, 0.29) is 11.6 Å². The van der Waals surface area contributed by atoms with Gasteiger partial charge in [0.1, 0.15) is 10.9 Å². The van der Waals surface area contributed by atoms with Crippen molar-refractivity contribution in [3.63, 3.8) is 0 Å². The van der Waals surface area contributed by atoms with Gasteiger partial charge in [-0.1, -0.05) is 12.2 Å². The Morgan fingerprint density at radius 3 is 2.63 bits per heavy atom. The van der Waals surface area contributed by atoms with Crippen molar-refractivity contribution in [2.45, 2.75) is 78.4 Å². The topological polar surface area (TPSA) is 56.3 Å². The third kappa shape index (κ3) is 3.93. The Morgan fingerprint density at radius 2 is 1.97 bits per heavy atom. The molecule has 0 aliphatic heterocycles. The highest BCUT2D eigenvalue weighted by Crippen LogP contribution is 2.44. The number of aromatic nitrogens is 1. The van der Waals surface area contributed by atoms with Crippen molar-refractivity contribution >= 4 is 38.7 Å². The summed E-state index contributed by atoms with van der Waals surface area (Å²) in [6, 6.07) is 0. The van der Waals surface area contributed by atoms with Crippen LogP contribution in [0, 0.1) is 6.92 Å². The normalized spacial score (nSPS) is 17.8. The Labute approximate surface area is 182 Å². The molecule has 2 aliphatic rings. The number of rotatable bonds is 4. The van der Waals surface area contributed by atoms with Crippen LogP contribution in [0.4, 0.5) is 0 Å². The fraction of sp³-hybridized carbons (Fsp3) is 0.480. The van der Waals surface area contributed by atoms with Gasteiger partial charge in [-0.3, -0.25) is 9.59 Å². The molecule has 0 saturated heterocycles. The summed E-state index contributed by atoms with van der Waals surface area (Å²) in [4.78, 5) is 32.4. The fourth-order valence-corrected chi connectivity index (χ4v) is 5.79. The molecule has 4 rings (SSSR count). The van der Waals surface area contributed by atoms with E-state index in [4.69, 9.17) is 9.72 Å². The Hall–Kier alpha value is -2.11. The van der Waals surface area contributed by atoms with Crippen molar-refractivity contribution in [3.8, 4) is 0 Å². The SMILES string of the molecule is CC(=O)C(OC(C)(C)C)c1c(C)nc2sc3c(c2c1C1=CC(=O)CC=C1)CCCC3. The lowest BCUT2D eigenvalue weighted by Crippen LogP contribution is -2.28. The van der Waals surface area contributed by atoms with Crippen LogP contribution in [0.1, 0.15) is 80.3 Å². The van der Waals surface area contributed by atoms with Gasteiger partial charge >= 0.3 is 0 Å². The minimum atomic E-state index is -0.720. The second kappa shape index (κ2) is 7.86. The maximum absolute atomic E-state index is 12.8. The van der Waals surface area contributed by atoms with Gasteiger partial charge < -0.3 is 4.74 Å². The highest BCUT2D eigenvalue weighted by Gasteiger charge is 2.32. The third-order valence-electron chi connectivity index (χ3n) is 5.66. The molecule has 0 bridgehead atoms. The monoisotopic (exact) mass is 423 g/mol. The van der Waals surface area contributed by atoms with Crippen LogP contribution in [0.15, 0.2) is 18.2 Å². The predicted molar refractivity (Wildman–Crippen MR) is 122 cm³/mol. The average Bonchev–Trinajstić information content (AvgIpc) is 3.02. The lowest BCUT2D eigenvalue weighted by atomic mass is 9.85. The number of hydrogen-bond acceptors (Lipinski definition) is 5. The van der Waals surface area contributed by atoms with Gasteiger partial charge in [-0.05, 0) is 77.5 Å². The van der Waals surface area contributed by atoms with Crippen LogP contribution >= 0.6 is 11.3 Å². The molecule has 0 aromatic carbocycles. The summed E-state index contributed by atoms with van der Waals surface area (Å²) in [7, 11) is 0. The van der Waals surface area contributed by atoms with E-state index in [2.05, 4.69) is 0 Å². The highest BCUT2D eigenvalue weighted by atomic mass is 32.1. The van der Waals surface area contributed by atoms with Crippen LogP contribution in [0.3, 0.4) is 0 Å². The largest absolute Gasteiger partial charge is 0.360 e. The lowest BCUT2D eigenvalue weighted by Gasteiger charge is -2.29. The van der Waals surface area contributed by atoms with E-state index in [0.29, 0.717) is 6.42 Å². The first-order valence-electron chi connectivity index (χ1n) is 10.7. The molecule has 0 N–H and O–H groups in total. The first kappa shape index (κ1) is 21.1. The second-order valence-electron chi connectivity index (χ2n) is 9.27. The van der Waals surface area contributed by atoms with Gasteiger partial charge in [0.2, 0.25) is 0 Å². The van der Waals surface area contributed by atoms with Gasteiger partial charge in [0.05, 0.1) is 5.60 Å². The molecular weight excluding hydrogens is 394 g/mol. The number of pyridine rings is 1. The molecule has 2 heterocycles. The van der Waals surface area contributed by atoms with Crippen molar-refractivity contribution < 1.29 is 14.3 Å². The van der Waals surface area contributed by atoms with Crippen molar-refractivity contribution in [2.24, 2.45) is 0 Å². The number of ether oxygens (including phenoxy) is 1. The van der Waals surface area contributed by atoms with Gasteiger partial charge in [0.25, 0.3) is 0 Å². The van der Waals surface area contributed by atoms with Crippen LogP contribution in [-0.2, 0) is 27.2 Å². The van der Waals surface area contributed by atoms with Crippen LogP contribution in [-0.4, -0.2) is 22.2 Å². The van der Waals surface area contributed by atoms with Gasteiger partial charge in [0.15, 0.2) is 11.6 Å². The minimum Gasteiger partial charge on any atom is -0.360 e. The molecule has 1 atom stereocenters. The maximum atomic E-state index is 12.8. The first-order chi connectivity index (χ1) is 14.2. The first-order valence-corrected chi connectivity index (χ1v) is 11.5. The van der Waals surface area contributed by atoms with Crippen LogP contribution < -0.4 is 0 Å². The lowest BCUT2D eigenvalue weighted by molar-refractivity contribution is -0.138. The molecule has 4 nitrogen and oxygen atoms in total. The number of aryl methyl sites for hydroxylation is 3. The number of hydrogen-bond donors (Lipinski definition) is 0. The molecule has 1 unspecified atom stereocenters. The van der Waals surface area contributed by atoms with Crippen molar-refractivity contribution in [1.29, 1.82) is 0 Å². The number of Topliss-reactive ketones (excluding diaryl/α,β-unsaturated/α-hetero) is 1. The molecule has 2 aromatic heterocycles. The number of thiophene rings is 1. The number of carbonyl (C=O) groups excluding carboxylic acids is 2. The van der Waals surface area contributed by atoms with E-state index >= 15 is 0 Å².